The van der Waals surface area contributed by atoms with Crippen molar-refractivity contribution >= 4 is 36.0 Å². The van der Waals surface area contributed by atoms with Gasteiger partial charge in [-0.15, -0.1) is 34.2 Å². The van der Waals surface area contributed by atoms with Crippen molar-refractivity contribution in [1.82, 2.24) is 30.7 Å². The highest BCUT2D eigenvalue weighted by atomic mass is 127. The van der Waals surface area contributed by atoms with Gasteiger partial charge in [0, 0.05) is 32.1 Å². The molecule has 3 rings (SSSR count). The number of nitrogens with zero attached hydrogens (tertiary/aromatic N) is 4. The van der Waals surface area contributed by atoms with E-state index < -0.39 is 11.7 Å². The highest BCUT2D eigenvalue weighted by Gasteiger charge is 2.22. The number of guanidine groups is 1. The lowest BCUT2D eigenvalue weighted by Gasteiger charge is -2.28. The van der Waals surface area contributed by atoms with E-state index in [1.54, 1.807) is 0 Å². The Balaban J connectivity index is 0.00000385. The van der Waals surface area contributed by atoms with Crippen LogP contribution in [0.2, 0.25) is 0 Å². The number of fused-ring (bicyclic) bond motifs is 1. The van der Waals surface area contributed by atoms with Crippen LogP contribution in [0.25, 0.3) is 0 Å². The zero-order valence-corrected chi connectivity index (χ0v) is 22.2. The van der Waals surface area contributed by atoms with E-state index in [0.717, 1.165) is 29.4 Å². The molecule has 1 atom stereocenters. The molecule has 3 N–H and O–H groups in total. The number of carbonyl (C=O) groups is 1. The van der Waals surface area contributed by atoms with Crippen LogP contribution in [-0.4, -0.2) is 52.1 Å². The van der Waals surface area contributed by atoms with Gasteiger partial charge in [-0.3, -0.25) is 0 Å². The van der Waals surface area contributed by atoms with Crippen molar-refractivity contribution in [2.75, 3.05) is 19.7 Å². The number of aromatic nitrogens is 3. The Bertz CT molecular complexity index is 956. The molecule has 10 nitrogen and oxygen atoms in total. The molecule has 2 heterocycles. The van der Waals surface area contributed by atoms with Crippen molar-refractivity contribution < 1.29 is 14.3 Å². The summed E-state index contributed by atoms with van der Waals surface area (Å²) in [6.45, 7) is 9.27. The van der Waals surface area contributed by atoms with Gasteiger partial charge in [-0.25, -0.2) is 9.79 Å². The summed E-state index contributed by atoms with van der Waals surface area (Å²) >= 11 is 0. The summed E-state index contributed by atoms with van der Waals surface area (Å²) in [7, 11) is 1.92. The fourth-order valence-corrected chi connectivity index (χ4v) is 3.21. The van der Waals surface area contributed by atoms with Gasteiger partial charge in [0.1, 0.15) is 23.7 Å². The maximum absolute atomic E-state index is 11.9. The number of nitrogens with one attached hydrogen (secondary N) is 3. The van der Waals surface area contributed by atoms with Crippen molar-refractivity contribution in [3.8, 4) is 5.75 Å². The minimum Gasteiger partial charge on any atom is -0.493 e. The maximum atomic E-state index is 11.9. The first-order chi connectivity index (χ1) is 15.2. The molecule has 1 aromatic carbocycles. The molecule has 1 aromatic heterocycles. The highest BCUT2D eigenvalue weighted by molar-refractivity contribution is 14.0. The van der Waals surface area contributed by atoms with Crippen LogP contribution in [0.1, 0.15) is 50.4 Å². The van der Waals surface area contributed by atoms with E-state index in [1.807, 2.05) is 57.5 Å². The molecule has 0 bridgehead atoms. The van der Waals surface area contributed by atoms with Crippen LogP contribution < -0.4 is 20.7 Å². The normalized spacial score (nSPS) is 15.5. The van der Waals surface area contributed by atoms with Gasteiger partial charge in [-0.1, -0.05) is 18.2 Å². The van der Waals surface area contributed by atoms with Gasteiger partial charge in [0.25, 0.3) is 0 Å². The van der Waals surface area contributed by atoms with Crippen LogP contribution in [0, 0.1) is 6.92 Å². The molecular weight excluding hydrogens is 537 g/mol. The minimum atomic E-state index is -0.531. The highest BCUT2D eigenvalue weighted by Crippen LogP contribution is 2.31. The van der Waals surface area contributed by atoms with E-state index in [4.69, 9.17) is 14.5 Å². The quantitative estimate of drug-likeness (QED) is 0.212. The average Bonchev–Trinajstić information content (AvgIpc) is 3.06. The van der Waals surface area contributed by atoms with Gasteiger partial charge in [0.2, 0.25) is 0 Å². The van der Waals surface area contributed by atoms with Gasteiger partial charge in [0.15, 0.2) is 11.8 Å². The van der Waals surface area contributed by atoms with Gasteiger partial charge < -0.3 is 30.0 Å². The predicted octanol–water partition coefficient (Wildman–Crippen LogP) is 2.83. The summed E-state index contributed by atoms with van der Waals surface area (Å²) < 4.78 is 12.9. The molecule has 1 aliphatic rings. The van der Waals surface area contributed by atoms with Crippen LogP contribution >= 0.6 is 24.0 Å². The molecule has 1 amide bonds. The second kappa shape index (κ2) is 12.1. The maximum Gasteiger partial charge on any atom is 0.407 e. The summed E-state index contributed by atoms with van der Waals surface area (Å²) in [4.78, 5) is 16.6. The molecule has 11 heteroatoms. The average molecular weight is 571 g/mol. The predicted molar refractivity (Wildman–Crippen MR) is 137 cm³/mol. The largest absolute Gasteiger partial charge is 0.493 e. The van der Waals surface area contributed by atoms with Crippen molar-refractivity contribution in [2.24, 2.45) is 12.0 Å². The van der Waals surface area contributed by atoms with Crippen molar-refractivity contribution in [2.45, 2.75) is 52.3 Å². The number of aliphatic imine (C=N–C) groups is 1. The first-order valence-electron chi connectivity index (χ1n) is 10.8. The minimum absolute atomic E-state index is 0. The molecule has 1 aliphatic heterocycles. The number of ether oxygens (including phenoxy) is 2. The van der Waals surface area contributed by atoms with E-state index in [2.05, 4.69) is 32.2 Å². The number of hydrogen-bond donors (Lipinski definition) is 3. The zero-order chi connectivity index (χ0) is 23.1. The second-order valence-corrected chi connectivity index (χ2v) is 8.61. The summed E-state index contributed by atoms with van der Waals surface area (Å²) in [5.41, 5.74) is 0.561. The van der Waals surface area contributed by atoms with E-state index >= 15 is 0 Å². The topological polar surface area (TPSA) is 115 Å². The van der Waals surface area contributed by atoms with Crippen LogP contribution in [-0.2, 0) is 18.3 Å². The Morgan fingerprint density at radius 3 is 2.67 bits per heavy atom. The third-order valence-corrected chi connectivity index (χ3v) is 4.92. The fourth-order valence-electron chi connectivity index (χ4n) is 3.21. The molecule has 182 valence electrons. The number of para-hydroxylation sites is 1. The smallest absolute Gasteiger partial charge is 0.407 e. The van der Waals surface area contributed by atoms with E-state index in [-0.39, 0.29) is 30.0 Å². The lowest BCUT2D eigenvalue weighted by Crippen LogP contribution is -2.44. The number of halogens is 1. The first-order valence-corrected chi connectivity index (χ1v) is 10.8. The number of benzene rings is 1. The molecule has 0 fully saturated rings. The van der Waals surface area contributed by atoms with E-state index in [9.17, 15) is 4.79 Å². The number of alkyl carbamates (subject to hydrolysis) is 1. The Hall–Kier alpha value is -2.57. The summed E-state index contributed by atoms with van der Waals surface area (Å²) in [6.07, 6.45) is 0.371. The van der Waals surface area contributed by atoms with Gasteiger partial charge in [0.05, 0.1) is 12.6 Å². The number of aryl methyl sites for hydroxylation is 1. The molecule has 0 saturated carbocycles. The SMILES string of the molecule is Cc1nnc(CN=C(NCCNC(=O)OC(C)(C)C)NC2CCOc3ccccc32)n1C.I. The Kier molecular flexibility index (Phi) is 9.74. The summed E-state index contributed by atoms with van der Waals surface area (Å²) in [5.74, 6) is 3.10. The van der Waals surface area contributed by atoms with Gasteiger partial charge in [-0.2, -0.15) is 0 Å². The van der Waals surface area contributed by atoms with Gasteiger partial charge >= 0.3 is 6.09 Å². The van der Waals surface area contributed by atoms with Crippen LogP contribution in [0.5, 0.6) is 5.75 Å². The fraction of sp³-hybridized carbons (Fsp3) is 0.545. The second-order valence-electron chi connectivity index (χ2n) is 8.61. The zero-order valence-electron chi connectivity index (χ0n) is 19.8. The van der Waals surface area contributed by atoms with Crippen molar-refractivity contribution in [3.63, 3.8) is 0 Å². The third kappa shape index (κ3) is 8.06. The van der Waals surface area contributed by atoms with Crippen LogP contribution in [0.3, 0.4) is 0 Å². The molecule has 0 radical (unpaired) electrons. The van der Waals surface area contributed by atoms with E-state index in [1.165, 1.54) is 0 Å². The van der Waals surface area contributed by atoms with Gasteiger partial charge in [-0.05, 0) is 33.8 Å². The monoisotopic (exact) mass is 571 g/mol. The van der Waals surface area contributed by atoms with Crippen LogP contribution in [0.15, 0.2) is 29.3 Å². The number of amides is 1. The molecule has 0 spiro atoms. The Morgan fingerprint density at radius 2 is 1.97 bits per heavy atom. The van der Waals surface area contributed by atoms with Crippen molar-refractivity contribution in [1.29, 1.82) is 0 Å². The molecule has 2 aromatic rings. The Labute approximate surface area is 211 Å². The molecule has 0 aliphatic carbocycles. The molecule has 0 saturated heterocycles. The molecule has 1 unspecified atom stereocenters. The van der Waals surface area contributed by atoms with Crippen LogP contribution in [0.4, 0.5) is 4.79 Å². The lowest BCUT2D eigenvalue weighted by atomic mass is 10.0. The van der Waals surface area contributed by atoms with Crippen molar-refractivity contribution in [3.05, 3.63) is 41.5 Å². The summed E-state index contributed by atoms with van der Waals surface area (Å²) in [5, 5.41) is 17.8. The standard InChI is InChI=1S/C22H33N7O3.HI/c1-15-27-28-19(29(15)5)14-25-20(23-11-12-24-21(30)32-22(2,3)4)26-17-10-13-31-18-9-7-6-8-16(17)18;/h6-9,17H,10-14H2,1-5H3,(H,24,30)(H2,23,25,26);1H. The number of rotatable bonds is 6. The summed E-state index contributed by atoms with van der Waals surface area (Å²) in [6, 6.07) is 8.05. The number of hydrogen-bond acceptors (Lipinski definition) is 6. The molecular formula is C22H34IN7O3. The lowest BCUT2D eigenvalue weighted by molar-refractivity contribution is 0.0529. The first kappa shape index (κ1) is 26.7. The number of carbonyl (C=O) groups excluding carboxylic acids is 1. The van der Waals surface area contributed by atoms with E-state index in [0.29, 0.717) is 32.2 Å². The molecule has 33 heavy (non-hydrogen) atoms. The Morgan fingerprint density at radius 1 is 1.24 bits per heavy atom. The third-order valence-electron chi connectivity index (χ3n) is 4.92.